The van der Waals surface area contributed by atoms with Crippen molar-refractivity contribution in [2.45, 2.75) is 69.7 Å². The minimum Gasteiger partial charge on any atom is -0.387 e. The number of hydrogen-bond acceptors (Lipinski definition) is 9. The van der Waals surface area contributed by atoms with Crippen LogP contribution in [0.4, 0.5) is 5.82 Å². The van der Waals surface area contributed by atoms with Crippen LogP contribution in [0.15, 0.2) is 6.33 Å². The average Bonchev–Trinajstić information content (AvgIpc) is 3.26. The number of nitrogens with one attached hydrogen (secondary N) is 1. The molecule has 2 aromatic rings. The van der Waals surface area contributed by atoms with Crippen molar-refractivity contribution < 1.29 is 24.9 Å². The first-order valence-electron chi connectivity index (χ1n) is 10.3. The summed E-state index contributed by atoms with van der Waals surface area (Å²) < 4.78 is 7.09. The van der Waals surface area contributed by atoms with Gasteiger partial charge < -0.3 is 31.1 Å². The lowest BCUT2D eigenvalue weighted by atomic mass is 9.76. The van der Waals surface area contributed by atoms with Gasteiger partial charge in [-0.1, -0.05) is 19.8 Å². The Bertz CT molecular complexity index is 951. The predicted octanol–water partition coefficient (Wildman–Crippen LogP) is -0.438. The summed E-state index contributed by atoms with van der Waals surface area (Å²) in [6.45, 7) is 4.07. The van der Waals surface area contributed by atoms with E-state index in [1.54, 1.807) is 6.92 Å². The second kappa shape index (κ2) is 7.73. The molecule has 11 nitrogen and oxygen atoms in total. The monoisotopic (exact) mass is 420 g/mol. The number of fused-ring (bicyclic) bond motifs is 1. The van der Waals surface area contributed by atoms with Gasteiger partial charge in [0.25, 0.3) is 5.91 Å². The molecule has 1 saturated heterocycles. The molecule has 2 aromatic heterocycles. The summed E-state index contributed by atoms with van der Waals surface area (Å²) in [6.07, 6.45) is -0.509. The normalized spacial score (nSPS) is 34.4. The highest BCUT2D eigenvalue weighted by molar-refractivity contribution is 5.83. The minimum atomic E-state index is -1.42. The van der Waals surface area contributed by atoms with Gasteiger partial charge in [0.1, 0.15) is 23.3 Å². The van der Waals surface area contributed by atoms with Crippen molar-refractivity contribution in [2.75, 3.05) is 12.3 Å². The summed E-state index contributed by atoms with van der Waals surface area (Å²) in [5, 5.41) is 34.7. The fraction of sp³-hybridized carbons (Fsp3) is 0.684. The molecule has 0 aromatic carbocycles. The van der Waals surface area contributed by atoms with Gasteiger partial charge in [0.05, 0.1) is 6.33 Å². The van der Waals surface area contributed by atoms with Gasteiger partial charge in [-0.05, 0) is 25.7 Å². The number of hydrogen-bond donors (Lipinski definition) is 5. The average molecular weight is 420 g/mol. The molecule has 6 atom stereocenters. The highest BCUT2D eigenvalue weighted by Gasteiger charge is 2.48. The van der Waals surface area contributed by atoms with E-state index in [1.165, 1.54) is 10.9 Å². The van der Waals surface area contributed by atoms with Crippen molar-refractivity contribution in [2.24, 2.45) is 5.92 Å². The van der Waals surface area contributed by atoms with E-state index in [-0.39, 0.29) is 28.7 Å². The molecule has 1 amide bonds. The summed E-state index contributed by atoms with van der Waals surface area (Å²) >= 11 is 0. The lowest BCUT2D eigenvalue weighted by Gasteiger charge is -2.36. The Morgan fingerprint density at radius 1 is 1.37 bits per heavy atom. The van der Waals surface area contributed by atoms with Gasteiger partial charge in [-0.2, -0.15) is 0 Å². The van der Waals surface area contributed by atoms with Gasteiger partial charge in [-0.25, -0.2) is 15.0 Å². The zero-order valence-electron chi connectivity index (χ0n) is 17.0. The number of aromatic nitrogens is 4. The second-order valence-corrected chi connectivity index (χ2v) is 8.15. The molecular formula is C19H28N6O5. The maximum atomic E-state index is 12.2. The first-order valence-corrected chi connectivity index (χ1v) is 10.3. The van der Waals surface area contributed by atoms with Gasteiger partial charge >= 0.3 is 0 Å². The quantitative estimate of drug-likeness (QED) is 0.440. The van der Waals surface area contributed by atoms with Crippen LogP contribution in [0, 0.1) is 5.92 Å². The van der Waals surface area contributed by atoms with Crippen LogP contribution in [0.2, 0.25) is 0 Å². The van der Waals surface area contributed by atoms with E-state index < -0.39 is 36.0 Å². The van der Waals surface area contributed by atoms with Gasteiger partial charge in [-0.15, -0.1) is 0 Å². The summed E-state index contributed by atoms with van der Waals surface area (Å²) in [7, 11) is 0. The van der Waals surface area contributed by atoms with Gasteiger partial charge in [-0.3, -0.25) is 9.36 Å². The standard InChI is InChI=1S/C19H28N6O5/c1-3-21-16(28)13-11(26)12(27)17(30-13)25-8-22-10-14(20)23-18(24-15(10)25)19(29)7-5-4-6-9(19)2/h8-9,11-13,17,26-27,29H,3-7H2,1-2H3,(H,21,28)(H2,20,23,24)/t9?,11?,12?,13-,17+,19?/m0/s1. The zero-order chi connectivity index (χ0) is 21.6. The minimum absolute atomic E-state index is 0.0447. The van der Waals surface area contributed by atoms with Crippen LogP contribution in [0.5, 0.6) is 0 Å². The van der Waals surface area contributed by atoms with Crippen LogP contribution < -0.4 is 11.1 Å². The van der Waals surface area contributed by atoms with E-state index in [0.717, 1.165) is 19.3 Å². The molecule has 0 radical (unpaired) electrons. The summed E-state index contributed by atoms with van der Waals surface area (Å²) in [5.41, 5.74) is 5.44. The van der Waals surface area contributed by atoms with E-state index >= 15 is 0 Å². The number of carbonyl (C=O) groups excluding carboxylic acids is 1. The number of rotatable bonds is 4. The summed E-state index contributed by atoms with van der Waals surface area (Å²) in [5.74, 6) is -0.254. The van der Waals surface area contributed by atoms with Crippen molar-refractivity contribution in [3.63, 3.8) is 0 Å². The fourth-order valence-electron chi connectivity index (χ4n) is 4.36. The molecule has 2 aliphatic rings. The number of imidazole rings is 1. The first-order chi connectivity index (χ1) is 14.3. The van der Waals surface area contributed by atoms with Crippen LogP contribution in [0.25, 0.3) is 11.2 Å². The summed E-state index contributed by atoms with van der Waals surface area (Å²) in [6, 6.07) is 0. The van der Waals surface area contributed by atoms with Crippen molar-refractivity contribution >= 4 is 22.9 Å². The van der Waals surface area contributed by atoms with E-state index in [0.29, 0.717) is 13.0 Å². The van der Waals surface area contributed by atoms with Crippen molar-refractivity contribution in [3.05, 3.63) is 12.2 Å². The van der Waals surface area contributed by atoms with Crippen LogP contribution >= 0.6 is 0 Å². The molecule has 6 N–H and O–H groups in total. The van der Waals surface area contributed by atoms with Crippen molar-refractivity contribution in [1.29, 1.82) is 0 Å². The Kier molecular flexibility index (Phi) is 5.39. The SMILES string of the molecule is CCNC(=O)[C@H]1O[C@@H](n2cnc3c(N)nc(C4(O)CCCCC4C)nc32)C(O)C1O. The third kappa shape index (κ3) is 3.22. The molecule has 30 heavy (non-hydrogen) atoms. The highest BCUT2D eigenvalue weighted by Crippen LogP contribution is 2.41. The smallest absolute Gasteiger partial charge is 0.252 e. The second-order valence-electron chi connectivity index (χ2n) is 8.15. The molecular weight excluding hydrogens is 392 g/mol. The van der Waals surface area contributed by atoms with E-state index in [2.05, 4.69) is 20.3 Å². The molecule has 2 fully saturated rings. The Morgan fingerprint density at radius 2 is 2.13 bits per heavy atom. The Labute approximate surface area is 173 Å². The van der Waals surface area contributed by atoms with Gasteiger partial charge in [0.2, 0.25) is 0 Å². The van der Waals surface area contributed by atoms with E-state index in [1.807, 2.05) is 6.92 Å². The molecule has 11 heteroatoms. The number of amides is 1. The lowest BCUT2D eigenvalue weighted by molar-refractivity contribution is -0.137. The van der Waals surface area contributed by atoms with Crippen LogP contribution in [-0.4, -0.2) is 65.6 Å². The number of nitrogen functional groups attached to an aromatic ring is 1. The van der Waals surface area contributed by atoms with Crippen LogP contribution in [0.3, 0.4) is 0 Å². The number of carbonyl (C=O) groups is 1. The number of aliphatic hydroxyl groups excluding tert-OH is 2. The lowest BCUT2D eigenvalue weighted by Crippen LogP contribution is -2.42. The zero-order valence-corrected chi connectivity index (χ0v) is 17.0. The van der Waals surface area contributed by atoms with Crippen LogP contribution in [0.1, 0.15) is 51.6 Å². The summed E-state index contributed by atoms with van der Waals surface area (Å²) in [4.78, 5) is 25.2. The van der Waals surface area contributed by atoms with Gasteiger partial charge in [0, 0.05) is 6.54 Å². The predicted molar refractivity (Wildman–Crippen MR) is 106 cm³/mol. The Hall–Kier alpha value is -2.34. The third-order valence-electron chi connectivity index (χ3n) is 6.22. The van der Waals surface area contributed by atoms with E-state index in [9.17, 15) is 20.1 Å². The molecule has 3 heterocycles. The highest BCUT2D eigenvalue weighted by atomic mass is 16.6. The number of aliphatic hydroxyl groups is 3. The number of nitrogens with two attached hydrogens (primary N) is 1. The molecule has 4 unspecified atom stereocenters. The number of likely N-dealkylation sites (N-methyl/N-ethyl adjacent to an activating group) is 1. The van der Waals surface area contributed by atoms with Gasteiger partial charge in [0.15, 0.2) is 29.6 Å². The van der Waals surface area contributed by atoms with E-state index in [4.69, 9.17) is 10.5 Å². The molecule has 4 rings (SSSR count). The molecule has 0 spiro atoms. The number of anilines is 1. The largest absolute Gasteiger partial charge is 0.387 e. The maximum Gasteiger partial charge on any atom is 0.252 e. The Balaban J connectivity index is 1.74. The van der Waals surface area contributed by atoms with Crippen molar-refractivity contribution in [1.82, 2.24) is 24.8 Å². The third-order valence-corrected chi connectivity index (χ3v) is 6.22. The maximum absolute atomic E-state index is 12.2. The van der Waals surface area contributed by atoms with Crippen LogP contribution in [-0.2, 0) is 15.1 Å². The Morgan fingerprint density at radius 3 is 2.83 bits per heavy atom. The first kappa shape index (κ1) is 20.9. The topological polar surface area (TPSA) is 169 Å². The molecule has 1 aliphatic carbocycles. The number of ether oxygens (including phenoxy) is 1. The molecule has 1 aliphatic heterocycles. The fourth-order valence-corrected chi connectivity index (χ4v) is 4.36. The van der Waals surface area contributed by atoms with Crippen molar-refractivity contribution in [3.8, 4) is 0 Å². The molecule has 1 saturated carbocycles. The molecule has 0 bridgehead atoms. The number of nitrogens with zero attached hydrogens (tertiary/aromatic N) is 4. The molecule has 164 valence electrons.